The van der Waals surface area contributed by atoms with Gasteiger partial charge in [-0.2, -0.15) is 5.26 Å². The number of nitriles is 1. The zero-order valence-corrected chi connectivity index (χ0v) is 12.6. The van der Waals surface area contributed by atoms with Crippen molar-refractivity contribution in [1.29, 1.82) is 5.26 Å². The van der Waals surface area contributed by atoms with Gasteiger partial charge in [-0.1, -0.05) is 30.0 Å². The highest BCUT2D eigenvalue weighted by Crippen LogP contribution is 2.30. The van der Waals surface area contributed by atoms with Crippen LogP contribution in [0.1, 0.15) is 5.56 Å². The second kappa shape index (κ2) is 8.25. The maximum atomic E-state index is 8.46. The molecule has 0 aliphatic rings. The molecule has 1 aromatic carbocycles. The van der Waals surface area contributed by atoms with Crippen LogP contribution in [0.25, 0.3) is 0 Å². The smallest absolute Gasteiger partial charge is 0.161 e. The summed E-state index contributed by atoms with van der Waals surface area (Å²) in [5.41, 5.74) is 1.11. The Labute approximate surface area is 121 Å². The first-order chi connectivity index (χ1) is 8.71. The summed E-state index contributed by atoms with van der Waals surface area (Å²) in [4.78, 5) is 0. The Balaban J connectivity index is 2.58. The number of hydrogen-bond donors (Lipinski definition) is 0. The summed E-state index contributed by atoms with van der Waals surface area (Å²) in [7, 11) is 3.22. The van der Waals surface area contributed by atoms with Crippen LogP contribution in [0.5, 0.6) is 11.5 Å². The molecule has 0 atom stereocenters. The maximum Gasteiger partial charge on any atom is 0.161 e. The third-order valence-electron chi connectivity index (χ3n) is 2.06. The quantitative estimate of drug-likeness (QED) is 0.775. The fourth-order valence-electron chi connectivity index (χ4n) is 1.25. The van der Waals surface area contributed by atoms with Gasteiger partial charge in [0.15, 0.2) is 11.5 Å². The van der Waals surface area contributed by atoms with Crippen molar-refractivity contribution >= 4 is 39.3 Å². The lowest BCUT2D eigenvalue weighted by Gasteiger charge is -2.09. The number of nitrogens with zero attached hydrogens (tertiary/aromatic N) is 1. The van der Waals surface area contributed by atoms with Gasteiger partial charge in [0, 0.05) is 5.75 Å². The molecule has 0 fully saturated rings. The van der Waals surface area contributed by atoms with Gasteiger partial charge in [-0.25, -0.2) is 0 Å². The summed E-state index contributed by atoms with van der Waals surface area (Å²) < 4.78 is 11.2. The number of methoxy groups -OCH3 is 2. The van der Waals surface area contributed by atoms with Gasteiger partial charge in [0.25, 0.3) is 0 Å². The Bertz CT molecular complexity index is 457. The zero-order valence-electron chi connectivity index (χ0n) is 10.1. The van der Waals surface area contributed by atoms with Crippen molar-refractivity contribution in [3.63, 3.8) is 0 Å². The van der Waals surface area contributed by atoms with E-state index in [0.717, 1.165) is 14.8 Å². The molecular formula is C12H13NO2S3. The van der Waals surface area contributed by atoms with Gasteiger partial charge in [0.2, 0.25) is 0 Å². The minimum absolute atomic E-state index is 0.401. The molecule has 0 bridgehead atoms. The number of rotatable bonds is 5. The van der Waals surface area contributed by atoms with Gasteiger partial charge in [0.05, 0.1) is 26.0 Å². The minimum Gasteiger partial charge on any atom is -0.493 e. The van der Waals surface area contributed by atoms with Gasteiger partial charge >= 0.3 is 0 Å². The summed E-state index contributed by atoms with van der Waals surface area (Å²) in [5, 5.41) is 8.46. The molecule has 18 heavy (non-hydrogen) atoms. The lowest BCUT2D eigenvalue weighted by Crippen LogP contribution is -1.92. The molecule has 0 saturated carbocycles. The second-order valence-corrected chi connectivity index (χ2v) is 6.33. The Morgan fingerprint density at radius 3 is 2.61 bits per heavy atom. The number of hydrogen-bond acceptors (Lipinski definition) is 6. The van der Waals surface area contributed by atoms with Gasteiger partial charge in [0.1, 0.15) is 3.53 Å². The predicted octanol–water partition coefficient (Wildman–Crippen LogP) is 3.48. The molecular weight excluding hydrogens is 286 g/mol. The average Bonchev–Trinajstić information content (AvgIpc) is 2.42. The summed E-state index contributed by atoms with van der Waals surface area (Å²) >= 11 is 8.09. The zero-order chi connectivity index (χ0) is 13.4. The van der Waals surface area contributed by atoms with Gasteiger partial charge in [-0.3, -0.25) is 0 Å². The third kappa shape index (κ3) is 4.77. The molecule has 0 heterocycles. The SMILES string of the molecule is COc1ccc(CSC(=S)SCC#N)cc1OC. The fraction of sp³-hybridized carbons (Fsp3) is 0.333. The van der Waals surface area contributed by atoms with E-state index in [2.05, 4.69) is 6.07 Å². The van der Waals surface area contributed by atoms with E-state index in [4.69, 9.17) is 27.0 Å². The standard InChI is InChI=1S/C12H13NO2S3/c1-14-10-4-3-9(7-11(10)15-2)8-18-12(16)17-6-5-13/h3-4,7H,6,8H2,1-2H3. The average molecular weight is 299 g/mol. The van der Waals surface area contributed by atoms with Crippen molar-refractivity contribution < 1.29 is 9.47 Å². The van der Waals surface area contributed by atoms with E-state index in [1.165, 1.54) is 11.8 Å². The molecule has 1 rings (SSSR count). The van der Waals surface area contributed by atoms with Gasteiger partial charge in [-0.05, 0) is 17.7 Å². The van der Waals surface area contributed by atoms with E-state index in [1.807, 2.05) is 18.2 Å². The highest BCUT2D eigenvalue weighted by atomic mass is 32.2. The number of thiocarbonyl (C=S) groups is 1. The molecule has 6 heteroatoms. The topological polar surface area (TPSA) is 42.2 Å². The molecule has 0 aliphatic carbocycles. The normalized spacial score (nSPS) is 9.61. The Kier molecular flexibility index (Phi) is 6.94. The summed E-state index contributed by atoms with van der Waals surface area (Å²) in [6.45, 7) is 0. The van der Waals surface area contributed by atoms with E-state index in [0.29, 0.717) is 17.3 Å². The van der Waals surface area contributed by atoms with Crippen molar-refractivity contribution in [3.8, 4) is 17.6 Å². The molecule has 3 nitrogen and oxygen atoms in total. The van der Waals surface area contributed by atoms with Gasteiger partial charge < -0.3 is 9.47 Å². The van der Waals surface area contributed by atoms with Crippen LogP contribution in [-0.4, -0.2) is 23.5 Å². The first kappa shape index (κ1) is 15.2. The Hall–Kier alpha value is -0.900. The molecule has 0 spiro atoms. The van der Waals surface area contributed by atoms with Crippen LogP contribution in [0.4, 0.5) is 0 Å². The summed E-state index contributed by atoms with van der Waals surface area (Å²) in [5.74, 6) is 2.59. The summed E-state index contributed by atoms with van der Waals surface area (Å²) in [6.07, 6.45) is 0. The molecule has 0 unspecified atom stereocenters. The lowest BCUT2D eigenvalue weighted by atomic mass is 10.2. The van der Waals surface area contributed by atoms with Crippen molar-refractivity contribution in [1.82, 2.24) is 0 Å². The van der Waals surface area contributed by atoms with Crippen LogP contribution in [-0.2, 0) is 5.75 Å². The van der Waals surface area contributed by atoms with Crippen LogP contribution in [0.3, 0.4) is 0 Å². The van der Waals surface area contributed by atoms with Crippen LogP contribution < -0.4 is 9.47 Å². The van der Waals surface area contributed by atoms with Crippen LogP contribution in [0, 0.1) is 11.3 Å². The molecule has 0 radical (unpaired) electrons. The molecule has 0 N–H and O–H groups in total. The highest BCUT2D eigenvalue weighted by molar-refractivity contribution is 8.47. The molecule has 1 aromatic rings. The predicted molar refractivity (Wildman–Crippen MR) is 81.5 cm³/mol. The molecule has 0 amide bonds. The van der Waals surface area contributed by atoms with Gasteiger partial charge in [-0.15, -0.1) is 11.8 Å². The molecule has 0 aromatic heterocycles. The minimum atomic E-state index is 0.401. The Morgan fingerprint density at radius 2 is 2.00 bits per heavy atom. The van der Waals surface area contributed by atoms with Crippen LogP contribution in [0.2, 0.25) is 0 Å². The van der Waals surface area contributed by atoms with Crippen LogP contribution in [0.15, 0.2) is 18.2 Å². The van der Waals surface area contributed by atoms with Crippen LogP contribution >= 0.6 is 35.7 Å². The third-order valence-corrected chi connectivity index (χ3v) is 4.70. The van der Waals surface area contributed by atoms with E-state index >= 15 is 0 Å². The Morgan fingerprint density at radius 1 is 1.28 bits per heavy atom. The first-order valence-corrected chi connectivity index (χ1v) is 7.46. The van der Waals surface area contributed by atoms with E-state index in [1.54, 1.807) is 26.0 Å². The van der Waals surface area contributed by atoms with E-state index in [9.17, 15) is 0 Å². The van der Waals surface area contributed by atoms with Crippen molar-refractivity contribution in [3.05, 3.63) is 23.8 Å². The monoisotopic (exact) mass is 299 g/mol. The maximum absolute atomic E-state index is 8.46. The van der Waals surface area contributed by atoms with Crippen molar-refractivity contribution in [2.24, 2.45) is 0 Å². The largest absolute Gasteiger partial charge is 0.493 e. The van der Waals surface area contributed by atoms with E-state index < -0.39 is 0 Å². The van der Waals surface area contributed by atoms with E-state index in [-0.39, 0.29) is 0 Å². The number of ether oxygens (including phenoxy) is 2. The molecule has 96 valence electrons. The molecule has 0 aliphatic heterocycles. The second-order valence-electron chi connectivity index (χ2n) is 3.17. The number of benzene rings is 1. The first-order valence-electron chi connectivity index (χ1n) is 5.08. The summed E-state index contributed by atoms with van der Waals surface area (Å²) in [6, 6.07) is 7.84. The van der Waals surface area contributed by atoms with Crippen molar-refractivity contribution in [2.45, 2.75) is 5.75 Å². The lowest BCUT2D eigenvalue weighted by molar-refractivity contribution is 0.354. The van der Waals surface area contributed by atoms with Crippen molar-refractivity contribution in [2.75, 3.05) is 20.0 Å². The highest BCUT2D eigenvalue weighted by Gasteiger charge is 2.06. The molecule has 0 saturated heterocycles. The number of thioether (sulfide) groups is 2. The fourth-order valence-corrected chi connectivity index (χ4v) is 2.93.